The predicted molar refractivity (Wildman–Crippen MR) is 108 cm³/mol. The second kappa shape index (κ2) is 11.8. The summed E-state index contributed by atoms with van der Waals surface area (Å²) in [5.41, 5.74) is -1.33. The van der Waals surface area contributed by atoms with Crippen LogP contribution in [0.15, 0.2) is 50.9 Å². The van der Waals surface area contributed by atoms with Crippen molar-refractivity contribution in [2.24, 2.45) is 0 Å². The summed E-state index contributed by atoms with van der Waals surface area (Å²) in [5.74, 6) is -3.31. The number of halogens is 1. The molecule has 2 aromatic heterocycles. The number of alkyl halides is 1. The van der Waals surface area contributed by atoms with E-state index in [0.29, 0.717) is 0 Å². The van der Waals surface area contributed by atoms with Crippen molar-refractivity contribution in [2.45, 2.75) is 61.9 Å². The van der Waals surface area contributed by atoms with Gasteiger partial charge < -0.3 is 49.6 Å². The van der Waals surface area contributed by atoms with Crippen molar-refractivity contribution >= 4 is 0 Å². The van der Waals surface area contributed by atoms with Crippen molar-refractivity contribution in [3.05, 3.63) is 57.8 Å². The van der Waals surface area contributed by atoms with Gasteiger partial charge in [-0.1, -0.05) is 0 Å². The van der Waals surface area contributed by atoms with Crippen LogP contribution >= 0.6 is 0 Å². The molecule has 0 amide bonds. The minimum atomic E-state index is -3.31. The molecule has 0 aromatic carbocycles. The first-order valence-electron chi connectivity index (χ1n) is 9.93. The van der Waals surface area contributed by atoms with Gasteiger partial charge >= 0.3 is 5.69 Å². The van der Waals surface area contributed by atoms with Gasteiger partial charge in [-0.3, -0.25) is 14.3 Å². The molecule has 1 unspecified atom stereocenters. The fraction of sp³-hybridized carbons (Fsp3) is 0.579. The Morgan fingerprint density at radius 2 is 1.68 bits per heavy atom. The molecular formula is C19H27FN2O12. The van der Waals surface area contributed by atoms with Crippen LogP contribution in [-0.2, 0) is 9.47 Å². The van der Waals surface area contributed by atoms with Crippen molar-refractivity contribution < 1.29 is 54.0 Å². The predicted octanol–water partition coefficient (Wildman–Crippen LogP) is -3.47. The Balaban J connectivity index is 0.000000207. The number of aliphatic hydroxyl groups is 7. The summed E-state index contributed by atoms with van der Waals surface area (Å²) in [4.78, 5) is 24.3. The van der Waals surface area contributed by atoms with Crippen LogP contribution in [0, 0.1) is 0 Å². The molecule has 2 aliphatic heterocycles. The Hall–Kier alpha value is -2.47. The number of hydrogen-bond acceptors (Lipinski definition) is 12. The Labute approximate surface area is 190 Å². The van der Waals surface area contributed by atoms with Gasteiger partial charge in [0, 0.05) is 12.3 Å². The molecule has 34 heavy (non-hydrogen) atoms. The highest BCUT2D eigenvalue weighted by Gasteiger charge is 2.54. The molecule has 0 saturated carbocycles. The fourth-order valence-corrected chi connectivity index (χ4v) is 2.99. The van der Waals surface area contributed by atoms with Gasteiger partial charge in [0.1, 0.15) is 30.5 Å². The van der Waals surface area contributed by atoms with Crippen molar-refractivity contribution in [1.82, 2.24) is 9.55 Å². The van der Waals surface area contributed by atoms with E-state index < -0.39 is 72.9 Å². The van der Waals surface area contributed by atoms with Crippen LogP contribution in [0.4, 0.5) is 4.39 Å². The minimum absolute atomic E-state index is 0.479. The third kappa shape index (κ3) is 6.35. The van der Waals surface area contributed by atoms with Crippen LogP contribution in [0.3, 0.4) is 0 Å². The van der Waals surface area contributed by atoms with Crippen molar-refractivity contribution in [3.63, 3.8) is 0 Å². The highest BCUT2D eigenvalue weighted by Crippen LogP contribution is 2.29. The number of hydrogen-bond donors (Lipinski definition) is 8. The lowest BCUT2D eigenvalue weighted by atomic mass is 9.98. The zero-order chi connectivity index (χ0) is 25.6. The molecule has 8 N–H and O–H groups in total. The number of H-pyrrole nitrogens is 1. The molecule has 2 fully saturated rings. The summed E-state index contributed by atoms with van der Waals surface area (Å²) < 4.78 is 27.9. The smallest absolute Gasteiger partial charge is 0.330 e. The molecule has 15 heteroatoms. The van der Waals surface area contributed by atoms with Crippen LogP contribution < -0.4 is 11.2 Å². The van der Waals surface area contributed by atoms with Crippen LogP contribution in [-0.4, -0.2) is 101 Å². The van der Waals surface area contributed by atoms with E-state index in [4.69, 9.17) is 30.3 Å². The molecule has 9 atom stereocenters. The van der Waals surface area contributed by atoms with Gasteiger partial charge in [0.15, 0.2) is 6.23 Å². The maximum atomic E-state index is 12.9. The van der Waals surface area contributed by atoms with Gasteiger partial charge in [-0.25, -0.2) is 9.18 Å². The average Bonchev–Trinajstić information content (AvgIpc) is 3.46. The molecular weight excluding hydrogens is 467 g/mol. The molecule has 4 heterocycles. The zero-order valence-corrected chi connectivity index (χ0v) is 17.8. The quantitative estimate of drug-likeness (QED) is 0.204. The third-order valence-corrected chi connectivity index (χ3v) is 4.98. The molecule has 2 aliphatic rings. The number of aliphatic hydroxyl groups excluding tert-OH is 6. The second-order valence-electron chi connectivity index (χ2n) is 7.40. The molecule has 2 aromatic rings. The van der Waals surface area contributed by atoms with Gasteiger partial charge in [0.25, 0.3) is 11.4 Å². The first-order chi connectivity index (χ1) is 15.9. The van der Waals surface area contributed by atoms with Gasteiger partial charge in [-0.15, -0.1) is 0 Å². The Bertz CT molecular complexity index is 963. The first kappa shape index (κ1) is 27.8. The zero-order valence-electron chi connectivity index (χ0n) is 17.8. The lowest BCUT2D eigenvalue weighted by Gasteiger charge is -2.40. The van der Waals surface area contributed by atoms with E-state index in [1.807, 2.05) is 17.1 Å². The Morgan fingerprint density at radius 1 is 1.06 bits per heavy atom. The number of aromatic amines is 1. The van der Waals surface area contributed by atoms with Crippen LogP contribution in [0.25, 0.3) is 0 Å². The van der Waals surface area contributed by atoms with E-state index in [1.54, 1.807) is 12.5 Å². The molecule has 14 nitrogen and oxygen atoms in total. The van der Waals surface area contributed by atoms with Gasteiger partial charge in [-0.05, 0) is 19.1 Å². The number of nitrogens with zero attached hydrogens (tertiary/aromatic N) is 1. The fourth-order valence-electron chi connectivity index (χ4n) is 2.99. The van der Waals surface area contributed by atoms with E-state index in [2.05, 4.69) is 9.15 Å². The largest absolute Gasteiger partial charge is 0.473 e. The lowest BCUT2D eigenvalue weighted by Crippen LogP contribution is -2.63. The summed E-state index contributed by atoms with van der Waals surface area (Å²) in [6.45, 7) is 0.860. The first-order valence-corrected chi connectivity index (χ1v) is 9.93. The third-order valence-electron chi connectivity index (χ3n) is 4.98. The van der Waals surface area contributed by atoms with Gasteiger partial charge in [0.2, 0.25) is 6.29 Å². The van der Waals surface area contributed by atoms with E-state index in [-0.39, 0.29) is 0 Å². The van der Waals surface area contributed by atoms with Crippen LogP contribution in [0.5, 0.6) is 0 Å². The maximum absolute atomic E-state index is 12.9. The standard InChI is InChI=1S/C9H12N2O6.C6H11FO5.C4H4O/c12-3-4-6(14)7(15)8(17-4)11-2-1-5(13)10-9(11)16;1-2-3(8)4(9)6(7,11)5(10)12-2;1-2-4-5-3-1/h1-2,4,6-8,12,14-15H,3H2,(H,10,13,16);2-5,8-11H,1H3;1-4H/t4-,6-,7-,8-;2?,3-,4-,5-,6+;/m10./s1. The highest BCUT2D eigenvalue weighted by atomic mass is 19.2. The Morgan fingerprint density at radius 3 is 2.15 bits per heavy atom. The summed E-state index contributed by atoms with van der Waals surface area (Å²) in [6, 6.07) is 4.76. The van der Waals surface area contributed by atoms with Crippen molar-refractivity contribution in [2.75, 3.05) is 6.61 Å². The normalized spacial score (nSPS) is 37.2. The lowest BCUT2D eigenvalue weighted by molar-refractivity contribution is -0.365. The maximum Gasteiger partial charge on any atom is 0.330 e. The number of furan rings is 1. The number of ether oxygens (including phenoxy) is 2. The number of rotatable bonds is 2. The number of aromatic nitrogens is 2. The second-order valence-corrected chi connectivity index (χ2v) is 7.40. The SMILES string of the molecule is CC1O[C@H](O)[C@@](O)(F)[C@@H](O)[C@H]1O.O=c1ccn([C@@H]2O[C@H](CO)[C@@H](O)[C@H]2O)c(=O)[nH]1.c1ccoc1. The van der Waals surface area contributed by atoms with E-state index >= 15 is 0 Å². The summed E-state index contributed by atoms with van der Waals surface area (Å²) in [6.07, 6.45) is -7.00. The van der Waals surface area contributed by atoms with Gasteiger partial charge in [0.05, 0.1) is 25.2 Å². The van der Waals surface area contributed by atoms with Crippen molar-refractivity contribution in [1.29, 1.82) is 0 Å². The molecule has 0 spiro atoms. The molecule has 4 rings (SSSR count). The molecule has 0 bridgehead atoms. The summed E-state index contributed by atoms with van der Waals surface area (Å²) in [5, 5.41) is 63.5. The highest BCUT2D eigenvalue weighted by molar-refractivity contribution is 4.93. The average molecular weight is 494 g/mol. The minimum Gasteiger partial charge on any atom is -0.473 e. The van der Waals surface area contributed by atoms with E-state index in [0.717, 1.165) is 16.8 Å². The van der Waals surface area contributed by atoms with Crippen molar-refractivity contribution in [3.8, 4) is 0 Å². The van der Waals surface area contributed by atoms with Crippen LogP contribution in [0.1, 0.15) is 13.2 Å². The summed E-state index contributed by atoms with van der Waals surface area (Å²) in [7, 11) is 0. The number of nitrogens with one attached hydrogen (secondary N) is 1. The van der Waals surface area contributed by atoms with E-state index in [9.17, 15) is 24.2 Å². The molecule has 0 aliphatic carbocycles. The Kier molecular flexibility index (Phi) is 9.63. The monoisotopic (exact) mass is 494 g/mol. The van der Waals surface area contributed by atoms with Gasteiger partial charge in [-0.2, -0.15) is 0 Å². The topological polar surface area (TPSA) is 228 Å². The van der Waals surface area contributed by atoms with Crippen LogP contribution in [0.2, 0.25) is 0 Å². The summed E-state index contributed by atoms with van der Waals surface area (Å²) >= 11 is 0. The van der Waals surface area contributed by atoms with E-state index in [1.165, 1.54) is 6.92 Å². The molecule has 0 radical (unpaired) electrons. The molecule has 192 valence electrons. The molecule has 2 saturated heterocycles.